The molecule has 1 aromatic heterocycles. The highest BCUT2D eigenvalue weighted by Gasteiger charge is 2.24. The van der Waals surface area contributed by atoms with Crippen molar-refractivity contribution in [3.05, 3.63) is 40.9 Å². The summed E-state index contributed by atoms with van der Waals surface area (Å²) in [6.45, 7) is 5.83. The van der Waals surface area contributed by atoms with Gasteiger partial charge in [0, 0.05) is 42.7 Å². The lowest BCUT2D eigenvalue weighted by Crippen LogP contribution is -2.30. The van der Waals surface area contributed by atoms with Crippen molar-refractivity contribution < 1.29 is 14.4 Å². The summed E-state index contributed by atoms with van der Waals surface area (Å²) in [5, 5.41) is 5.28. The van der Waals surface area contributed by atoms with Crippen LogP contribution in [0.4, 0.5) is 10.8 Å². The molecule has 7 nitrogen and oxygen atoms in total. The van der Waals surface area contributed by atoms with Crippen LogP contribution in [0.3, 0.4) is 0 Å². The van der Waals surface area contributed by atoms with E-state index in [1.54, 1.807) is 39.4 Å². The van der Waals surface area contributed by atoms with Crippen molar-refractivity contribution in [1.29, 1.82) is 0 Å². The molecular formula is C20H24N4O3S. The summed E-state index contributed by atoms with van der Waals surface area (Å²) in [5.41, 5.74) is 1.76. The van der Waals surface area contributed by atoms with E-state index in [9.17, 15) is 14.4 Å². The SMILES string of the molecule is CCN(CC)C(=O)c1cccc(NC(=O)Cc2csc(N3CCCC3=O)n2)c1. The molecule has 3 rings (SSSR count). The first-order valence-electron chi connectivity index (χ1n) is 9.45. The largest absolute Gasteiger partial charge is 0.339 e. The van der Waals surface area contributed by atoms with Gasteiger partial charge in [0.05, 0.1) is 12.1 Å². The third-order valence-corrected chi connectivity index (χ3v) is 5.54. The van der Waals surface area contributed by atoms with Crippen molar-refractivity contribution in [2.75, 3.05) is 29.9 Å². The van der Waals surface area contributed by atoms with E-state index in [1.165, 1.54) is 11.3 Å². The number of hydrogen-bond acceptors (Lipinski definition) is 5. The fraction of sp³-hybridized carbons (Fsp3) is 0.400. The zero-order chi connectivity index (χ0) is 20.1. The van der Waals surface area contributed by atoms with Gasteiger partial charge in [-0.1, -0.05) is 6.07 Å². The van der Waals surface area contributed by atoms with Crippen LogP contribution >= 0.6 is 11.3 Å². The number of nitrogens with one attached hydrogen (secondary N) is 1. The van der Waals surface area contributed by atoms with Crippen LogP contribution in [0, 0.1) is 0 Å². The van der Waals surface area contributed by atoms with Gasteiger partial charge in [0.15, 0.2) is 5.13 Å². The lowest BCUT2D eigenvalue weighted by atomic mass is 10.1. The minimum Gasteiger partial charge on any atom is -0.339 e. The second-order valence-corrected chi connectivity index (χ2v) is 7.39. The summed E-state index contributed by atoms with van der Waals surface area (Å²) in [5.74, 6) is -0.183. The third kappa shape index (κ3) is 4.56. The van der Waals surface area contributed by atoms with Crippen LogP contribution in [-0.4, -0.2) is 47.2 Å². The van der Waals surface area contributed by atoms with Gasteiger partial charge in [0.25, 0.3) is 5.91 Å². The molecule has 1 aliphatic rings. The first kappa shape index (κ1) is 20.0. The Balaban J connectivity index is 1.62. The van der Waals surface area contributed by atoms with Crippen LogP contribution in [0.5, 0.6) is 0 Å². The van der Waals surface area contributed by atoms with E-state index in [0.29, 0.717) is 48.1 Å². The molecule has 148 valence electrons. The molecule has 2 heterocycles. The molecule has 8 heteroatoms. The third-order valence-electron chi connectivity index (χ3n) is 4.63. The molecule has 1 aromatic carbocycles. The molecule has 0 aliphatic carbocycles. The second-order valence-electron chi connectivity index (χ2n) is 6.55. The van der Waals surface area contributed by atoms with Crippen molar-refractivity contribution in [2.45, 2.75) is 33.1 Å². The van der Waals surface area contributed by atoms with Crippen LogP contribution < -0.4 is 10.2 Å². The molecule has 1 N–H and O–H groups in total. The van der Waals surface area contributed by atoms with Crippen molar-refractivity contribution in [3.8, 4) is 0 Å². The number of aromatic nitrogens is 1. The summed E-state index contributed by atoms with van der Waals surface area (Å²) in [6, 6.07) is 6.95. The van der Waals surface area contributed by atoms with Gasteiger partial charge in [-0.25, -0.2) is 4.98 Å². The van der Waals surface area contributed by atoms with Gasteiger partial charge < -0.3 is 10.2 Å². The van der Waals surface area contributed by atoms with Gasteiger partial charge in [-0.15, -0.1) is 11.3 Å². The van der Waals surface area contributed by atoms with E-state index in [-0.39, 0.29) is 24.1 Å². The first-order chi connectivity index (χ1) is 13.5. The Morgan fingerprint density at radius 1 is 1.29 bits per heavy atom. The normalized spacial score (nSPS) is 13.6. The van der Waals surface area contributed by atoms with E-state index in [1.807, 2.05) is 13.8 Å². The monoisotopic (exact) mass is 400 g/mol. The van der Waals surface area contributed by atoms with E-state index >= 15 is 0 Å². The Morgan fingerprint density at radius 2 is 2.07 bits per heavy atom. The molecule has 28 heavy (non-hydrogen) atoms. The molecule has 2 aromatic rings. The van der Waals surface area contributed by atoms with Crippen molar-refractivity contribution in [1.82, 2.24) is 9.88 Å². The number of thiazole rings is 1. The molecule has 1 saturated heterocycles. The Kier molecular flexibility index (Phi) is 6.41. The number of nitrogens with zero attached hydrogens (tertiary/aromatic N) is 3. The van der Waals surface area contributed by atoms with E-state index in [0.717, 1.165) is 6.42 Å². The highest BCUT2D eigenvalue weighted by atomic mass is 32.1. The molecule has 3 amide bonds. The zero-order valence-electron chi connectivity index (χ0n) is 16.1. The molecule has 0 saturated carbocycles. The van der Waals surface area contributed by atoms with E-state index < -0.39 is 0 Å². The number of anilines is 2. The standard InChI is InChI=1S/C20H24N4O3S/c1-3-23(4-2)19(27)14-7-5-8-15(11-14)21-17(25)12-16-13-28-20(22-16)24-10-6-9-18(24)26/h5,7-8,11,13H,3-4,6,9-10,12H2,1-2H3,(H,21,25). The predicted octanol–water partition coefficient (Wildman–Crippen LogP) is 2.93. The summed E-state index contributed by atoms with van der Waals surface area (Å²) in [4.78, 5) is 44.5. The number of benzene rings is 1. The maximum Gasteiger partial charge on any atom is 0.253 e. The maximum absolute atomic E-state index is 12.5. The second kappa shape index (κ2) is 8.97. The number of amides is 3. The van der Waals surface area contributed by atoms with Crippen LogP contribution in [0.1, 0.15) is 42.7 Å². The maximum atomic E-state index is 12.5. The lowest BCUT2D eigenvalue weighted by molar-refractivity contribution is -0.117. The molecule has 1 fully saturated rings. The van der Waals surface area contributed by atoms with Crippen LogP contribution in [0.2, 0.25) is 0 Å². The molecule has 0 radical (unpaired) electrons. The van der Waals surface area contributed by atoms with Gasteiger partial charge in [-0.2, -0.15) is 0 Å². The molecule has 1 aliphatic heterocycles. The molecule has 0 bridgehead atoms. The van der Waals surface area contributed by atoms with Gasteiger partial charge in [0.2, 0.25) is 11.8 Å². The average molecular weight is 401 g/mol. The fourth-order valence-corrected chi connectivity index (χ4v) is 4.01. The average Bonchev–Trinajstić information content (AvgIpc) is 3.31. The molecule has 0 unspecified atom stereocenters. The summed E-state index contributed by atoms with van der Waals surface area (Å²) in [6.07, 6.45) is 1.52. The summed E-state index contributed by atoms with van der Waals surface area (Å²) < 4.78 is 0. The highest BCUT2D eigenvalue weighted by molar-refractivity contribution is 7.14. The van der Waals surface area contributed by atoms with Crippen LogP contribution in [0.25, 0.3) is 0 Å². The van der Waals surface area contributed by atoms with Crippen molar-refractivity contribution in [2.24, 2.45) is 0 Å². The minimum atomic E-state index is -0.211. The minimum absolute atomic E-state index is 0.0551. The van der Waals surface area contributed by atoms with Gasteiger partial charge in [-0.05, 0) is 38.5 Å². The smallest absolute Gasteiger partial charge is 0.253 e. The Labute approximate surface area is 168 Å². The number of hydrogen-bond donors (Lipinski definition) is 1. The Bertz CT molecular complexity index is 876. The number of carbonyl (C=O) groups excluding carboxylic acids is 3. The lowest BCUT2D eigenvalue weighted by Gasteiger charge is -2.19. The van der Waals surface area contributed by atoms with Gasteiger partial charge >= 0.3 is 0 Å². The van der Waals surface area contributed by atoms with Gasteiger partial charge in [-0.3, -0.25) is 19.3 Å². The van der Waals surface area contributed by atoms with E-state index in [4.69, 9.17) is 0 Å². The first-order valence-corrected chi connectivity index (χ1v) is 10.3. The fourth-order valence-electron chi connectivity index (χ4n) is 3.14. The van der Waals surface area contributed by atoms with Crippen molar-refractivity contribution >= 4 is 39.9 Å². The number of rotatable bonds is 7. The van der Waals surface area contributed by atoms with Crippen molar-refractivity contribution in [3.63, 3.8) is 0 Å². The molecule has 0 atom stereocenters. The highest BCUT2D eigenvalue weighted by Crippen LogP contribution is 2.25. The van der Waals surface area contributed by atoms with Crippen LogP contribution in [0.15, 0.2) is 29.6 Å². The molecular weight excluding hydrogens is 376 g/mol. The van der Waals surface area contributed by atoms with Gasteiger partial charge in [0.1, 0.15) is 0 Å². The summed E-state index contributed by atoms with van der Waals surface area (Å²) >= 11 is 1.38. The molecule has 0 spiro atoms. The topological polar surface area (TPSA) is 82.6 Å². The zero-order valence-corrected chi connectivity index (χ0v) is 16.9. The quantitative estimate of drug-likeness (QED) is 0.775. The Hall–Kier alpha value is -2.74. The predicted molar refractivity (Wildman–Crippen MR) is 110 cm³/mol. The van der Waals surface area contributed by atoms with E-state index in [2.05, 4.69) is 10.3 Å². The summed E-state index contributed by atoms with van der Waals surface area (Å²) in [7, 11) is 0. The Morgan fingerprint density at radius 3 is 2.75 bits per heavy atom. The number of carbonyl (C=O) groups is 3. The van der Waals surface area contributed by atoms with Crippen LogP contribution in [-0.2, 0) is 16.0 Å².